The zero-order valence-electron chi connectivity index (χ0n) is 9.01. The molecule has 0 aromatic rings. The van der Waals surface area contributed by atoms with E-state index >= 15 is 0 Å². The predicted molar refractivity (Wildman–Crippen MR) is 66.8 cm³/mol. The van der Waals surface area contributed by atoms with Gasteiger partial charge in [-0.2, -0.15) is 0 Å². The van der Waals surface area contributed by atoms with Gasteiger partial charge in [0, 0.05) is 6.54 Å². The zero-order valence-corrected chi connectivity index (χ0v) is 11.2. The Labute approximate surface area is 100 Å². The summed E-state index contributed by atoms with van der Waals surface area (Å²) in [5, 5.41) is 2.83. The Hall–Kier alpha value is 0.160. The lowest BCUT2D eigenvalue weighted by Crippen LogP contribution is -2.29. The SMILES string of the molecule is CC(C)OCC(=O)NCCCCCI. The van der Waals surface area contributed by atoms with Gasteiger partial charge in [-0.3, -0.25) is 4.79 Å². The van der Waals surface area contributed by atoms with Crippen LogP contribution in [-0.4, -0.2) is 29.6 Å². The van der Waals surface area contributed by atoms with Gasteiger partial charge in [-0.1, -0.05) is 29.0 Å². The highest BCUT2D eigenvalue weighted by molar-refractivity contribution is 14.1. The Morgan fingerprint density at radius 2 is 2.07 bits per heavy atom. The molecular formula is C10H20INO2. The van der Waals surface area contributed by atoms with Gasteiger partial charge in [0.25, 0.3) is 0 Å². The summed E-state index contributed by atoms with van der Waals surface area (Å²) >= 11 is 2.37. The first-order valence-electron chi connectivity index (χ1n) is 5.11. The average Bonchev–Trinajstić information content (AvgIpc) is 2.14. The monoisotopic (exact) mass is 313 g/mol. The van der Waals surface area contributed by atoms with E-state index in [1.165, 1.54) is 17.3 Å². The van der Waals surface area contributed by atoms with Gasteiger partial charge in [-0.15, -0.1) is 0 Å². The highest BCUT2D eigenvalue weighted by Gasteiger charge is 2.01. The molecule has 0 unspecified atom stereocenters. The maximum absolute atomic E-state index is 11.1. The Kier molecular flexibility index (Phi) is 9.82. The second kappa shape index (κ2) is 9.71. The second-order valence-electron chi connectivity index (χ2n) is 3.46. The lowest BCUT2D eigenvalue weighted by Gasteiger charge is -2.07. The third kappa shape index (κ3) is 10.2. The number of carbonyl (C=O) groups is 1. The number of rotatable bonds is 8. The Bertz CT molecular complexity index is 151. The lowest BCUT2D eigenvalue weighted by atomic mass is 10.2. The van der Waals surface area contributed by atoms with Gasteiger partial charge in [-0.05, 0) is 31.1 Å². The van der Waals surface area contributed by atoms with Crippen molar-refractivity contribution in [2.24, 2.45) is 0 Å². The topological polar surface area (TPSA) is 38.3 Å². The summed E-state index contributed by atoms with van der Waals surface area (Å²) in [5.41, 5.74) is 0. The van der Waals surface area contributed by atoms with Crippen LogP contribution in [0, 0.1) is 0 Å². The zero-order chi connectivity index (χ0) is 10.8. The predicted octanol–water partition coefficient (Wildman–Crippen LogP) is 2.13. The summed E-state index contributed by atoms with van der Waals surface area (Å²) in [6.45, 7) is 4.81. The molecule has 0 spiro atoms. The molecule has 0 heterocycles. The van der Waals surface area contributed by atoms with E-state index in [0.717, 1.165) is 13.0 Å². The van der Waals surface area contributed by atoms with Crippen LogP contribution in [0.4, 0.5) is 0 Å². The molecule has 0 aliphatic rings. The van der Waals surface area contributed by atoms with Gasteiger partial charge in [0.05, 0.1) is 6.10 Å². The molecule has 84 valence electrons. The summed E-state index contributed by atoms with van der Waals surface area (Å²) in [6.07, 6.45) is 3.61. The normalized spacial score (nSPS) is 10.6. The third-order valence-electron chi connectivity index (χ3n) is 1.68. The van der Waals surface area contributed by atoms with Crippen molar-refractivity contribution in [2.75, 3.05) is 17.6 Å². The van der Waals surface area contributed by atoms with Crippen molar-refractivity contribution in [1.29, 1.82) is 0 Å². The molecule has 0 bridgehead atoms. The van der Waals surface area contributed by atoms with Gasteiger partial charge in [0.1, 0.15) is 6.61 Å². The van der Waals surface area contributed by atoms with Crippen molar-refractivity contribution >= 4 is 28.5 Å². The molecule has 0 aliphatic carbocycles. The molecule has 0 radical (unpaired) electrons. The summed E-state index contributed by atoms with van der Waals surface area (Å²) < 4.78 is 6.37. The highest BCUT2D eigenvalue weighted by atomic mass is 127. The summed E-state index contributed by atoms with van der Waals surface area (Å²) in [4.78, 5) is 11.1. The lowest BCUT2D eigenvalue weighted by molar-refractivity contribution is -0.127. The molecule has 1 amide bonds. The number of hydrogen-bond acceptors (Lipinski definition) is 2. The van der Waals surface area contributed by atoms with E-state index in [9.17, 15) is 4.79 Å². The number of carbonyl (C=O) groups excluding carboxylic acids is 1. The van der Waals surface area contributed by atoms with E-state index < -0.39 is 0 Å². The van der Waals surface area contributed by atoms with Crippen LogP contribution in [0.15, 0.2) is 0 Å². The van der Waals surface area contributed by atoms with Crippen LogP contribution in [0.2, 0.25) is 0 Å². The largest absolute Gasteiger partial charge is 0.369 e. The van der Waals surface area contributed by atoms with Crippen molar-refractivity contribution in [3.05, 3.63) is 0 Å². The van der Waals surface area contributed by atoms with Crippen LogP contribution in [0.25, 0.3) is 0 Å². The molecular weight excluding hydrogens is 293 g/mol. The van der Waals surface area contributed by atoms with Gasteiger partial charge in [-0.25, -0.2) is 0 Å². The number of ether oxygens (including phenoxy) is 1. The van der Waals surface area contributed by atoms with Crippen LogP contribution in [0.5, 0.6) is 0 Å². The smallest absolute Gasteiger partial charge is 0.246 e. The maximum atomic E-state index is 11.1. The molecule has 0 aromatic carbocycles. The summed E-state index contributed by atoms with van der Waals surface area (Å²) in [7, 11) is 0. The molecule has 0 aromatic heterocycles. The van der Waals surface area contributed by atoms with E-state index in [1.54, 1.807) is 0 Å². The summed E-state index contributed by atoms with van der Waals surface area (Å²) in [6, 6.07) is 0. The number of alkyl halides is 1. The second-order valence-corrected chi connectivity index (χ2v) is 4.54. The van der Waals surface area contributed by atoms with Crippen molar-refractivity contribution in [3.8, 4) is 0 Å². The molecule has 0 atom stereocenters. The fourth-order valence-corrected chi connectivity index (χ4v) is 1.46. The number of amides is 1. The van der Waals surface area contributed by atoms with Crippen LogP contribution >= 0.6 is 22.6 Å². The minimum atomic E-state index is -0.00632. The molecule has 0 rings (SSSR count). The van der Waals surface area contributed by atoms with Crippen molar-refractivity contribution in [2.45, 2.75) is 39.2 Å². The van der Waals surface area contributed by atoms with Gasteiger partial charge in [0.2, 0.25) is 5.91 Å². The molecule has 14 heavy (non-hydrogen) atoms. The Morgan fingerprint density at radius 1 is 1.36 bits per heavy atom. The quantitative estimate of drug-likeness (QED) is 0.423. The van der Waals surface area contributed by atoms with Crippen LogP contribution < -0.4 is 5.32 Å². The van der Waals surface area contributed by atoms with E-state index in [4.69, 9.17) is 4.74 Å². The number of unbranched alkanes of at least 4 members (excludes halogenated alkanes) is 2. The fourth-order valence-electron chi connectivity index (χ4n) is 0.917. The third-order valence-corrected chi connectivity index (χ3v) is 2.44. The van der Waals surface area contributed by atoms with E-state index in [1.807, 2.05) is 13.8 Å². The molecule has 0 saturated carbocycles. The molecule has 1 N–H and O–H groups in total. The Morgan fingerprint density at radius 3 is 2.64 bits per heavy atom. The summed E-state index contributed by atoms with van der Waals surface area (Å²) in [5.74, 6) is -0.00632. The molecule has 0 saturated heterocycles. The number of hydrogen-bond donors (Lipinski definition) is 1. The first kappa shape index (κ1) is 14.2. The first-order chi connectivity index (χ1) is 6.66. The maximum Gasteiger partial charge on any atom is 0.246 e. The first-order valence-corrected chi connectivity index (χ1v) is 6.63. The molecule has 0 aliphatic heterocycles. The fraction of sp³-hybridized carbons (Fsp3) is 0.900. The Balaban J connectivity index is 3.18. The van der Waals surface area contributed by atoms with Gasteiger partial charge in [0.15, 0.2) is 0 Å². The van der Waals surface area contributed by atoms with Gasteiger partial charge < -0.3 is 10.1 Å². The number of halogens is 1. The minimum Gasteiger partial charge on any atom is -0.369 e. The molecule has 3 nitrogen and oxygen atoms in total. The molecule has 4 heteroatoms. The van der Waals surface area contributed by atoms with E-state index in [0.29, 0.717) is 0 Å². The minimum absolute atomic E-state index is 0.00632. The highest BCUT2D eigenvalue weighted by Crippen LogP contribution is 1.97. The van der Waals surface area contributed by atoms with Crippen LogP contribution in [0.1, 0.15) is 33.1 Å². The van der Waals surface area contributed by atoms with Gasteiger partial charge >= 0.3 is 0 Å². The van der Waals surface area contributed by atoms with E-state index in [-0.39, 0.29) is 18.6 Å². The van der Waals surface area contributed by atoms with Crippen molar-refractivity contribution < 1.29 is 9.53 Å². The molecule has 0 fully saturated rings. The van der Waals surface area contributed by atoms with Crippen molar-refractivity contribution in [3.63, 3.8) is 0 Å². The van der Waals surface area contributed by atoms with Crippen molar-refractivity contribution in [1.82, 2.24) is 5.32 Å². The standard InChI is InChI=1S/C10H20INO2/c1-9(2)14-8-10(13)12-7-5-3-4-6-11/h9H,3-8H2,1-2H3,(H,12,13). The number of nitrogens with one attached hydrogen (secondary N) is 1. The average molecular weight is 313 g/mol. The van der Waals surface area contributed by atoms with Crippen LogP contribution in [-0.2, 0) is 9.53 Å². The van der Waals surface area contributed by atoms with Crippen LogP contribution in [0.3, 0.4) is 0 Å². The van der Waals surface area contributed by atoms with E-state index in [2.05, 4.69) is 27.9 Å².